The maximum Gasteiger partial charge on any atom is 0.149 e. The van der Waals surface area contributed by atoms with Gasteiger partial charge < -0.3 is 10.2 Å². The minimum Gasteiger partial charge on any atom is -0.507 e. The summed E-state index contributed by atoms with van der Waals surface area (Å²) in [6, 6.07) is 12.7. The normalized spacial score (nSPS) is 10.7. The molecule has 2 nitrogen and oxygen atoms in total. The number of phenols is 2. The first-order chi connectivity index (χ1) is 11.0. The zero-order chi connectivity index (χ0) is 16.6. The van der Waals surface area contributed by atoms with Gasteiger partial charge in [0.05, 0.1) is 10.6 Å². The second kappa shape index (κ2) is 5.89. The molecule has 0 radical (unpaired) electrons. The van der Waals surface area contributed by atoms with E-state index in [2.05, 4.69) is 0 Å². The van der Waals surface area contributed by atoms with Crippen LogP contribution in [0.4, 0.5) is 8.78 Å². The highest BCUT2D eigenvalue weighted by molar-refractivity contribution is 6.31. The number of halogens is 3. The number of rotatable bonds is 2. The van der Waals surface area contributed by atoms with E-state index in [9.17, 15) is 19.0 Å². The van der Waals surface area contributed by atoms with E-state index < -0.39 is 17.4 Å². The molecule has 0 amide bonds. The van der Waals surface area contributed by atoms with Crippen LogP contribution >= 0.6 is 11.6 Å². The van der Waals surface area contributed by atoms with Gasteiger partial charge in [-0.15, -0.1) is 0 Å². The Labute approximate surface area is 136 Å². The largest absolute Gasteiger partial charge is 0.507 e. The van der Waals surface area contributed by atoms with Crippen LogP contribution in [0.3, 0.4) is 0 Å². The van der Waals surface area contributed by atoms with Crippen LogP contribution in [0.25, 0.3) is 22.3 Å². The predicted octanol–water partition coefficient (Wildman–Crippen LogP) is 5.36. The molecule has 0 fully saturated rings. The van der Waals surface area contributed by atoms with E-state index in [1.807, 2.05) is 0 Å². The molecule has 0 heterocycles. The van der Waals surface area contributed by atoms with Crippen molar-refractivity contribution in [2.24, 2.45) is 0 Å². The number of hydrogen-bond donors (Lipinski definition) is 2. The van der Waals surface area contributed by atoms with E-state index in [1.165, 1.54) is 48.5 Å². The first-order valence-corrected chi connectivity index (χ1v) is 7.12. The van der Waals surface area contributed by atoms with Crippen LogP contribution in [0, 0.1) is 11.6 Å². The SMILES string of the molecule is Oc1ccc(-c2cccc(Cl)c2F)c(O)c1-c1ccccc1F. The van der Waals surface area contributed by atoms with Crippen LogP contribution in [0.15, 0.2) is 54.6 Å². The van der Waals surface area contributed by atoms with E-state index >= 15 is 0 Å². The molecule has 2 N–H and O–H groups in total. The van der Waals surface area contributed by atoms with Gasteiger partial charge in [0.2, 0.25) is 0 Å². The Morgan fingerprint density at radius 1 is 0.739 bits per heavy atom. The number of aromatic hydroxyl groups is 2. The molecule has 0 bridgehead atoms. The zero-order valence-electron chi connectivity index (χ0n) is 11.7. The van der Waals surface area contributed by atoms with Crippen molar-refractivity contribution >= 4 is 11.6 Å². The molecule has 116 valence electrons. The molecule has 0 spiro atoms. The number of hydrogen-bond acceptors (Lipinski definition) is 2. The van der Waals surface area contributed by atoms with Crippen molar-refractivity contribution in [1.82, 2.24) is 0 Å². The minimum absolute atomic E-state index is 0.0202. The van der Waals surface area contributed by atoms with Gasteiger partial charge in [-0.25, -0.2) is 8.78 Å². The minimum atomic E-state index is -0.699. The Kier molecular flexibility index (Phi) is 3.92. The summed E-state index contributed by atoms with van der Waals surface area (Å²) in [5.41, 5.74) is 0.0976. The fraction of sp³-hybridized carbons (Fsp3) is 0. The van der Waals surface area contributed by atoms with Crippen molar-refractivity contribution < 1.29 is 19.0 Å². The summed E-state index contributed by atoms with van der Waals surface area (Å²) in [7, 11) is 0. The molecule has 0 saturated heterocycles. The van der Waals surface area contributed by atoms with Gasteiger partial charge in [-0.2, -0.15) is 0 Å². The second-order valence-corrected chi connectivity index (χ2v) is 5.34. The Morgan fingerprint density at radius 2 is 1.43 bits per heavy atom. The molecule has 0 unspecified atom stereocenters. The summed E-state index contributed by atoms with van der Waals surface area (Å²) in [6.45, 7) is 0. The molecule has 0 aliphatic heterocycles. The summed E-state index contributed by atoms with van der Waals surface area (Å²) in [5, 5.41) is 20.4. The third-order valence-electron chi connectivity index (χ3n) is 3.54. The summed E-state index contributed by atoms with van der Waals surface area (Å²) >= 11 is 5.76. The van der Waals surface area contributed by atoms with Crippen molar-refractivity contribution in [3.05, 3.63) is 71.3 Å². The molecular formula is C18H11ClF2O2. The Bertz CT molecular complexity index is 894. The third-order valence-corrected chi connectivity index (χ3v) is 3.83. The molecule has 0 saturated carbocycles. The van der Waals surface area contributed by atoms with E-state index in [4.69, 9.17) is 11.6 Å². The van der Waals surface area contributed by atoms with Crippen molar-refractivity contribution in [3.63, 3.8) is 0 Å². The van der Waals surface area contributed by atoms with Gasteiger partial charge in [-0.1, -0.05) is 41.9 Å². The molecule has 0 atom stereocenters. The van der Waals surface area contributed by atoms with Crippen molar-refractivity contribution in [2.75, 3.05) is 0 Å². The molecule has 0 aliphatic carbocycles. The summed E-state index contributed by atoms with van der Waals surface area (Å²) < 4.78 is 28.2. The van der Waals surface area contributed by atoms with Gasteiger partial charge in [-0.05, 0) is 24.3 Å². The lowest BCUT2D eigenvalue weighted by Crippen LogP contribution is -1.91. The van der Waals surface area contributed by atoms with Gasteiger partial charge in [0.1, 0.15) is 23.1 Å². The Morgan fingerprint density at radius 3 is 2.17 bits per heavy atom. The standard InChI is InChI=1S/C18H11ClF2O2/c19-13-6-3-5-10(17(13)21)11-8-9-15(22)16(18(11)23)12-4-1-2-7-14(12)20/h1-9,22-23H. The van der Waals surface area contributed by atoms with E-state index in [0.29, 0.717) is 0 Å². The zero-order valence-corrected chi connectivity index (χ0v) is 12.5. The van der Waals surface area contributed by atoms with Gasteiger partial charge >= 0.3 is 0 Å². The summed E-state index contributed by atoms with van der Waals surface area (Å²) in [5.74, 6) is -2.04. The first-order valence-electron chi connectivity index (χ1n) is 6.75. The van der Waals surface area contributed by atoms with E-state index in [0.717, 1.165) is 0 Å². The van der Waals surface area contributed by atoms with Gasteiger partial charge in [-0.3, -0.25) is 0 Å². The molecule has 5 heteroatoms. The third kappa shape index (κ3) is 2.62. The average Bonchev–Trinajstić information content (AvgIpc) is 2.53. The lowest BCUT2D eigenvalue weighted by Gasteiger charge is -2.13. The van der Waals surface area contributed by atoms with Crippen LogP contribution in [-0.4, -0.2) is 10.2 Å². The van der Waals surface area contributed by atoms with Crippen LogP contribution in [0.1, 0.15) is 0 Å². The maximum absolute atomic E-state index is 14.2. The molecule has 3 aromatic carbocycles. The van der Waals surface area contributed by atoms with Crippen LogP contribution in [0.2, 0.25) is 5.02 Å². The molecular weight excluding hydrogens is 322 g/mol. The average molecular weight is 333 g/mol. The van der Waals surface area contributed by atoms with Crippen molar-refractivity contribution in [1.29, 1.82) is 0 Å². The number of benzene rings is 3. The van der Waals surface area contributed by atoms with Crippen LogP contribution in [0.5, 0.6) is 11.5 Å². The lowest BCUT2D eigenvalue weighted by atomic mass is 9.96. The second-order valence-electron chi connectivity index (χ2n) is 4.94. The fourth-order valence-electron chi connectivity index (χ4n) is 2.44. The smallest absolute Gasteiger partial charge is 0.149 e. The summed E-state index contributed by atoms with van der Waals surface area (Å²) in [4.78, 5) is 0. The molecule has 0 aromatic heterocycles. The van der Waals surface area contributed by atoms with Gasteiger partial charge in [0.25, 0.3) is 0 Å². The highest BCUT2D eigenvalue weighted by Gasteiger charge is 2.20. The lowest BCUT2D eigenvalue weighted by molar-refractivity contribution is 0.454. The molecule has 3 rings (SSSR count). The predicted molar refractivity (Wildman–Crippen MR) is 85.6 cm³/mol. The monoisotopic (exact) mass is 332 g/mol. The molecule has 23 heavy (non-hydrogen) atoms. The number of phenolic OH excluding ortho intramolecular Hbond substituents is 2. The molecule has 0 aliphatic rings. The highest BCUT2D eigenvalue weighted by Crippen LogP contribution is 2.45. The quantitative estimate of drug-likeness (QED) is 0.663. The Balaban J connectivity index is 2.29. The van der Waals surface area contributed by atoms with Crippen molar-refractivity contribution in [3.8, 4) is 33.8 Å². The van der Waals surface area contributed by atoms with Gasteiger partial charge in [0.15, 0.2) is 0 Å². The van der Waals surface area contributed by atoms with Crippen LogP contribution < -0.4 is 0 Å². The van der Waals surface area contributed by atoms with Crippen LogP contribution in [-0.2, 0) is 0 Å². The fourth-order valence-corrected chi connectivity index (χ4v) is 2.61. The van der Waals surface area contributed by atoms with E-state index in [1.54, 1.807) is 6.07 Å². The topological polar surface area (TPSA) is 40.5 Å². The van der Waals surface area contributed by atoms with Crippen molar-refractivity contribution in [2.45, 2.75) is 0 Å². The van der Waals surface area contributed by atoms with Gasteiger partial charge in [0, 0.05) is 16.7 Å². The Hall–Kier alpha value is -2.59. The molecule has 3 aromatic rings. The highest BCUT2D eigenvalue weighted by atomic mass is 35.5. The summed E-state index contributed by atoms with van der Waals surface area (Å²) in [6.07, 6.45) is 0. The maximum atomic E-state index is 14.2. The first kappa shape index (κ1) is 15.3. The van der Waals surface area contributed by atoms with E-state index in [-0.39, 0.29) is 33.0 Å².